The van der Waals surface area contributed by atoms with Gasteiger partial charge in [0.15, 0.2) is 0 Å². The van der Waals surface area contributed by atoms with Crippen LogP contribution in [0.3, 0.4) is 0 Å². The highest BCUT2D eigenvalue weighted by Crippen LogP contribution is 2.32. The predicted molar refractivity (Wildman–Crippen MR) is 108 cm³/mol. The van der Waals surface area contributed by atoms with Crippen molar-refractivity contribution in [3.63, 3.8) is 0 Å². The van der Waals surface area contributed by atoms with Gasteiger partial charge in [0.1, 0.15) is 0 Å². The molecule has 0 radical (unpaired) electrons. The molecule has 1 aromatic carbocycles. The summed E-state index contributed by atoms with van der Waals surface area (Å²) in [5.74, 6) is 0. The second kappa shape index (κ2) is 8.39. The molecule has 1 saturated carbocycles. The minimum absolute atomic E-state index is 0.0309. The van der Waals surface area contributed by atoms with Gasteiger partial charge in [-0.1, -0.05) is 24.3 Å². The standard InChI is InChI=1S/C13H19NO.C9H19NO/c1-13(2,3)14-12-10-7-5-4-6-9(10)8-11(12)15;1-9(2,3)10-7-4-5-8(11)6-7/h4-7,11-12,14-15H,8H2,1-3H3;7-8,10-11H,4-6H2,1-3H3/t11-,12+;7-,8+/m01/s1. The Labute approximate surface area is 159 Å². The molecule has 0 saturated heterocycles. The van der Waals surface area contributed by atoms with Gasteiger partial charge < -0.3 is 20.8 Å². The molecule has 0 bridgehead atoms. The number of fused-ring (bicyclic) bond motifs is 1. The second-order valence-electron chi connectivity index (χ2n) is 9.90. The number of benzene rings is 1. The van der Waals surface area contributed by atoms with E-state index in [1.807, 2.05) is 12.1 Å². The van der Waals surface area contributed by atoms with Crippen molar-refractivity contribution in [2.75, 3.05) is 0 Å². The highest BCUT2D eigenvalue weighted by atomic mass is 16.3. The van der Waals surface area contributed by atoms with E-state index < -0.39 is 0 Å². The van der Waals surface area contributed by atoms with Crippen LogP contribution in [-0.4, -0.2) is 39.5 Å². The molecule has 0 heterocycles. The van der Waals surface area contributed by atoms with Gasteiger partial charge in [-0.25, -0.2) is 0 Å². The largest absolute Gasteiger partial charge is 0.393 e. The van der Waals surface area contributed by atoms with Crippen molar-refractivity contribution in [1.29, 1.82) is 0 Å². The Hall–Kier alpha value is -0.940. The Morgan fingerprint density at radius 1 is 0.885 bits per heavy atom. The van der Waals surface area contributed by atoms with E-state index in [-0.39, 0.29) is 29.3 Å². The maximum Gasteiger partial charge on any atom is 0.0775 e. The Morgan fingerprint density at radius 3 is 2.04 bits per heavy atom. The number of rotatable bonds is 2. The van der Waals surface area contributed by atoms with Crippen molar-refractivity contribution in [2.24, 2.45) is 0 Å². The fourth-order valence-corrected chi connectivity index (χ4v) is 3.92. The lowest BCUT2D eigenvalue weighted by molar-refractivity contribution is 0.126. The predicted octanol–water partition coefficient (Wildman–Crippen LogP) is 3.32. The topological polar surface area (TPSA) is 64.5 Å². The summed E-state index contributed by atoms with van der Waals surface area (Å²) in [6, 6.07) is 8.89. The van der Waals surface area contributed by atoms with Gasteiger partial charge >= 0.3 is 0 Å². The molecule has 1 fully saturated rings. The third kappa shape index (κ3) is 6.66. The Morgan fingerprint density at radius 2 is 1.50 bits per heavy atom. The van der Waals surface area contributed by atoms with E-state index in [2.05, 4.69) is 64.3 Å². The lowest BCUT2D eigenvalue weighted by Gasteiger charge is -2.28. The molecule has 1 aromatic rings. The zero-order chi connectivity index (χ0) is 19.5. The van der Waals surface area contributed by atoms with E-state index >= 15 is 0 Å². The van der Waals surface area contributed by atoms with Crippen molar-refractivity contribution in [3.8, 4) is 0 Å². The molecule has 2 aliphatic carbocycles. The first-order valence-electron chi connectivity index (χ1n) is 9.94. The first-order valence-corrected chi connectivity index (χ1v) is 9.94. The van der Waals surface area contributed by atoms with Crippen LogP contribution in [0, 0.1) is 0 Å². The normalized spacial score (nSPS) is 28.5. The number of aliphatic hydroxyl groups is 2. The first kappa shape index (κ1) is 21.4. The third-order valence-electron chi connectivity index (χ3n) is 4.83. The number of aliphatic hydroxyl groups excluding tert-OH is 2. The van der Waals surface area contributed by atoms with E-state index in [0.29, 0.717) is 6.04 Å². The summed E-state index contributed by atoms with van der Waals surface area (Å²) in [6.45, 7) is 12.9. The van der Waals surface area contributed by atoms with Gasteiger partial charge in [-0.3, -0.25) is 0 Å². The fraction of sp³-hybridized carbons (Fsp3) is 0.727. The number of hydrogen-bond donors (Lipinski definition) is 4. The van der Waals surface area contributed by atoms with Gasteiger partial charge in [0.25, 0.3) is 0 Å². The minimum Gasteiger partial charge on any atom is -0.393 e. The molecule has 26 heavy (non-hydrogen) atoms. The zero-order valence-corrected chi connectivity index (χ0v) is 17.3. The number of hydrogen-bond acceptors (Lipinski definition) is 4. The lowest BCUT2D eigenvalue weighted by Crippen LogP contribution is -2.42. The minimum atomic E-state index is -0.290. The molecular weight excluding hydrogens is 324 g/mol. The van der Waals surface area contributed by atoms with Crippen LogP contribution in [-0.2, 0) is 6.42 Å². The molecule has 0 amide bonds. The van der Waals surface area contributed by atoms with Crippen molar-refractivity contribution < 1.29 is 10.2 Å². The van der Waals surface area contributed by atoms with Gasteiger partial charge in [0.05, 0.1) is 18.2 Å². The molecule has 4 nitrogen and oxygen atoms in total. The summed E-state index contributed by atoms with van der Waals surface area (Å²) >= 11 is 0. The SMILES string of the molecule is CC(C)(C)N[C@@H]1CC[C@H](O)C1.CC(C)(C)N[C@@H]1c2ccccc2C[C@@H]1O. The van der Waals surface area contributed by atoms with E-state index in [4.69, 9.17) is 0 Å². The molecule has 4 atom stereocenters. The highest BCUT2D eigenvalue weighted by molar-refractivity contribution is 5.36. The average Bonchev–Trinajstić information content (AvgIpc) is 3.01. The van der Waals surface area contributed by atoms with E-state index in [9.17, 15) is 10.2 Å². The van der Waals surface area contributed by atoms with E-state index in [1.54, 1.807) is 0 Å². The van der Waals surface area contributed by atoms with Crippen LogP contribution in [0.4, 0.5) is 0 Å². The van der Waals surface area contributed by atoms with Crippen LogP contribution < -0.4 is 10.6 Å². The maximum atomic E-state index is 10.0. The summed E-state index contributed by atoms with van der Waals surface area (Å²) in [7, 11) is 0. The van der Waals surface area contributed by atoms with Crippen LogP contribution >= 0.6 is 0 Å². The number of nitrogens with one attached hydrogen (secondary N) is 2. The Bertz CT molecular complexity index is 574. The molecule has 2 aliphatic rings. The van der Waals surface area contributed by atoms with Crippen molar-refractivity contribution >= 4 is 0 Å². The van der Waals surface area contributed by atoms with Crippen molar-refractivity contribution in [1.82, 2.24) is 10.6 Å². The van der Waals surface area contributed by atoms with Crippen LogP contribution in [0.15, 0.2) is 24.3 Å². The molecule has 0 aliphatic heterocycles. The lowest BCUT2D eigenvalue weighted by atomic mass is 10.0. The van der Waals surface area contributed by atoms with Crippen LogP contribution in [0.1, 0.15) is 78.0 Å². The van der Waals surface area contributed by atoms with Gasteiger partial charge in [-0.2, -0.15) is 0 Å². The Balaban J connectivity index is 0.000000197. The summed E-state index contributed by atoms with van der Waals surface area (Å²) < 4.78 is 0. The van der Waals surface area contributed by atoms with Crippen molar-refractivity contribution in [2.45, 2.75) is 103 Å². The zero-order valence-electron chi connectivity index (χ0n) is 17.3. The third-order valence-corrected chi connectivity index (χ3v) is 4.83. The maximum absolute atomic E-state index is 10.0. The average molecular weight is 363 g/mol. The molecule has 4 N–H and O–H groups in total. The van der Waals surface area contributed by atoms with Crippen molar-refractivity contribution in [3.05, 3.63) is 35.4 Å². The quantitative estimate of drug-likeness (QED) is 0.652. The van der Waals surface area contributed by atoms with Gasteiger partial charge in [-0.15, -0.1) is 0 Å². The van der Waals surface area contributed by atoms with Crippen LogP contribution in [0.5, 0.6) is 0 Å². The fourth-order valence-electron chi connectivity index (χ4n) is 3.92. The van der Waals surface area contributed by atoms with Crippen LogP contribution in [0.2, 0.25) is 0 Å². The molecule has 148 valence electrons. The van der Waals surface area contributed by atoms with E-state index in [0.717, 1.165) is 25.7 Å². The molecule has 0 aromatic heterocycles. The molecular formula is C22H38N2O2. The summed E-state index contributed by atoms with van der Waals surface area (Å²) in [6.07, 6.45) is 3.43. The summed E-state index contributed by atoms with van der Waals surface area (Å²) in [5.41, 5.74) is 2.74. The second-order valence-corrected chi connectivity index (χ2v) is 9.90. The molecule has 0 unspecified atom stereocenters. The molecule has 0 spiro atoms. The van der Waals surface area contributed by atoms with Crippen LogP contribution in [0.25, 0.3) is 0 Å². The smallest absolute Gasteiger partial charge is 0.0775 e. The molecule has 4 heteroatoms. The molecule has 3 rings (SSSR count). The first-order chi connectivity index (χ1) is 11.9. The van der Waals surface area contributed by atoms with Gasteiger partial charge in [0.2, 0.25) is 0 Å². The van der Waals surface area contributed by atoms with Gasteiger partial charge in [0, 0.05) is 23.5 Å². The Kier molecular flexibility index (Phi) is 6.89. The summed E-state index contributed by atoms with van der Waals surface area (Å²) in [4.78, 5) is 0. The highest BCUT2D eigenvalue weighted by Gasteiger charge is 2.32. The van der Waals surface area contributed by atoms with E-state index in [1.165, 1.54) is 11.1 Å². The summed E-state index contributed by atoms with van der Waals surface area (Å²) in [5, 5.41) is 26.2. The van der Waals surface area contributed by atoms with Gasteiger partial charge in [-0.05, 0) is 71.9 Å². The monoisotopic (exact) mass is 362 g/mol.